The van der Waals surface area contributed by atoms with Crippen LogP contribution in [0.15, 0.2) is 48.7 Å². The van der Waals surface area contributed by atoms with Gasteiger partial charge < -0.3 is 30.7 Å². The number of hydrogen-bond acceptors (Lipinski definition) is 8. The van der Waals surface area contributed by atoms with Gasteiger partial charge in [0.05, 0.1) is 6.42 Å². The number of carbonyl (C=O) groups excluding carboxylic acids is 4. The van der Waals surface area contributed by atoms with Crippen LogP contribution < -0.4 is 16.0 Å². The van der Waals surface area contributed by atoms with E-state index in [2.05, 4.69) is 20.9 Å². The molecule has 0 bridgehead atoms. The minimum atomic E-state index is -1.43. The third kappa shape index (κ3) is 4.67. The number of rotatable bonds is 4. The first-order valence-electron chi connectivity index (χ1n) is 11.9. The predicted molar refractivity (Wildman–Crippen MR) is 127 cm³/mol. The van der Waals surface area contributed by atoms with Gasteiger partial charge in [-0.15, -0.1) is 0 Å². The molecular formula is C25H27N5O6. The van der Waals surface area contributed by atoms with Crippen molar-refractivity contribution in [2.45, 2.75) is 49.7 Å². The molecular weight excluding hydrogens is 466 g/mol. The van der Waals surface area contributed by atoms with Gasteiger partial charge in [0.2, 0.25) is 18.1 Å². The second-order valence-electron chi connectivity index (χ2n) is 9.12. The summed E-state index contributed by atoms with van der Waals surface area (Å²) in [4.78, 5) is 57.3. The van der Waals surface area contributed by atoms with Crippen molar-refractivity contribution in [3.8, 4) is 0 Å². The van der Waals surface area contributed by atoms with Gasteiger partial charge in [0.15, 0.2) is 0 Å². The zero-order valence-corrected chi connectivity index (χ0v) is 19.4. The van der Waals surface area contributed by atoms with Crippen LogP contribution in [-0.4, -0.2) is 82.2 Å². The molecule has 0 radical (unpaired) electrons. The molecule has 4 heterocycles. The minimum Gasteiger partial charge on any atom is -0.434 e. The smallest absolute Gasteiger partial charge is 0.310 e. The average Bonchev–Trinajstić information content (AvgIpc) is 3.19. The lowest BCUT2D eigenvalue weighted by Gasteiger charge is -2.44. The van der Waals surface area contributed by atoms with Crippen LogP contribution in [0, 0.1) is 0 Å². The van der Waals surface area contributed by atoms with Crippen LogP contribution >= 0.6 is 0 Å². The van der Waals surface area contributed by atoms with Gasteiger partial charge in [0.1, 0.15) is 23.8 Å². The molecule has 3 amide bonds. The molecule has 36 heavy (non-hydrogen) atoms. The number of nitrogens with zero attached hydrogens (tertiary/aromatic N) is 2. The highest BCUT2D eigenvalue weighted by Gasteiger charge is 2.43. The highest BCUT2D eigenvalue weighted by Crippen LogP contribution is 2.22. The summed E-state index contributed by atoms with van der Waals surface area (Å²) >= 11 is 0. The highest BCUT2D eigenvalue weighted by atomic mass is 16.6. The summed E-state index contributed by atoms with van der Waals surface area (Å²) in [5, 5.41) is 20.1. The van der Waals surface area contributed by atoms with Crippen molar-refractivity contribution in [2.24, 2.45) is 0 Å². The number of ether oxygens (including phenoxy) is 1. The Morgan fingerprint density at radius 2 is 1.89 bits per heavy atom. The number of piperazine rings is 1. The molecule has 3 aliphatic heterocycles. The average molecular weight is 494 g/mol. The fourth-order valence-corrected chi connectivity index (χ4v) is 4.95. The normalized spacial score (nSPS) is 28.1. The Hall–Kier alpha value is -3.83. The van der Waals surface area contributed by atoms with Gasteiger partial charge >= 0.3 is 5.97 Å². The number of pyridine rings is 1. The molecule has 3 aliphatic rings. The zero-order valence-electron chi connectivity index (χ0n) is 19.4. The van der Waals surface area contributed by atoms with E-state index in [-0.39, 0.29) is 37.0 Å². The number of amides is 3. The van der Waals surface area contributed by atoms with Crippen LogP contribution in [0.1, 0.15) is 29.8 Å². The number of esters is 1. The number of aliphatic hydroxyl groups excluding tert-OH is 1. The fourth-order valence-electron chi connectivity index (χ4n) is 4.95. The van der Waals surface area contributed by atoms with Crippen molar-refractivity contribution in [3.05, 3.63) is 54.4 Å². The summed E-state index contributed by atoms with van der Waals surface area (Å²) in [5.41, 5.74) is 0.220. The molecule has 0 spiro atoms. The quantitative estimate of drug-likeness (QED) is 0.332. The van der Waals surface area contributed by atoms with Crippen molar-refractivity contribution in [2.75, 3.05) is 13.1 Å². The maximum atomic E-state index is 13.8. The maximum absolute atomic E-state index is 13.8. The molecule has 2 fully saturated rings. The topological polar surface area (TPSA) is 150 Å². The maximum Gasteiger partial charge on any atom is 0.310 e. The molecule has 2 aromatic rings. The number of aromatic nitrogens is 1. The van der Waals surface area contributed by atoms with Crippen molar-refractivity contribution in [3.63, 3.8) is 0 Å². The van der Waals surface area contributed by atoms with Gasteiger partial charge in [-0.25, -0.2) is 0 Å². The van der Waals surface area contributed by atoms with E-state index in [1.165, 1.54) is 4.90 Å². The largest absolute Gasteiger partial charge is 0.434 e. The van der Waals surface area contributed by atoms with E-state index in [1.54, 1.807) is 12.3 Å². The van der Waals surface area contributed by atoms with Crippen molar-refractivity contribution in [1.29, 1.82) is 0 Å². The van der Waals surface area contributed by atoms with Crippen LogP contribution in [0.5, 0.6) is 0 Å². The summed E-state index contributed by atoms with van der Waals surface area (Å²) in [6, 6.07) is 6.21. The molecule has 188 valence electrons. The van der Waals surface area contributed by atoms with Gasteiger partial charge in [-0.05, 0) is 24.3 Å². The van der Waals surface area contributed by atoms with Crippen LogP contribution in [-0.2, 0) is 19.1 Å². The molecule has 2 saturated heterocycles. The van der Waals surface area contributed by atoms with E-state index >= 15 is 0 Å². The Labute approximate surface area is 206 Å². The number of fused-ring (bicyclic) bond motifs is 2. The lowest BCUT2D eigenvalue weighted by atomic mass is 9.97. The summed E-state index contributed by atoms with van der Waals surface area (Å²) in [6.07, 6.45) is 4.58. The van der Waals surface area contributed by atoms with Crippen LogP contribution in [0.3, 0.4) is 0 Å². The molecule has 11 nitrogen and oxygen atoms in total. The SMILES string of the molecule is O=C1CC(NC(=O)[C@@H]2CNC[C@@H]3CC=CC[C@H](NC(=O)c4nccc5ccccc45)C(=O)N32)C(O)O1. The molecule has 2 unspecified atom stereocenters. The third-order valence-corrected chi connectivity index (χ3v) is 6.75. The monoisotopic (exact) mass is 493 g/mol. The number of nitrogens with one attached hydrogen (secondary N) is 3. The van der Waals surface area contributed by atoms with E-state index in [1.807, 2.05) is 36.4 Å². The predicted octanol–water partition coefficient (Wildman–Crippen LogP) is -0.398. The molecule has 5 atom stereocenters. The lowest BCUT2D eigenvalue weighted by molar-refractivity contribution is -0.156. The Bertz CT molecular complexity index is 1230. The molecule has 1 aromatic heterocycles. The number of cyclic esters (lactones) is 1. The molecule has 0 saturated carbocycles. The van der Waals surface area contributed by atoms with E-state index in [9.17, 15) is 24.3 Å². The van der Waals surface area contributed by atoms with Gasteiger partial charge in [0.25, 0.3) is 5.91 Å². The first-order valence-corrected chi connectivity index (χ1v) is 11.9. The van der Waals surface area contributed by atoms with E-state index in [0.29, 0.717) is 18.4 Å². The second kappa shape index (κ2) is 10.0. The Balaban J connectivity index is 1.37. The van der Waals surface area contributed by atoms with Crippen LogP contribution in [0.25, 0.3) is 10.8 Å². The Morgan fingerprint density at radius 3 is 2.69 bits per heavy atom. The molecule has 4 N–H and O–H groups in total. The first-order chi connectivity index (χ1) is 17.4. The van der Waals surface area contributed by atoms with Crippen molar-refractivity contribution >= 4 is 34.5 Å². The highest BCUT2D eigenvalue weighted by molar-refractivity contribution is 6.06. The second-order valence-corrected chi connectivity index (χ2v) is 9.12. The summed E-state index contributed by atoms with van der Waals surface area (Å²) in [5.74, 6) is -1.96. The fraction of sp³-hybridized carbons (Fsp3) is 0.400. The van der Waals surface area contributed by atoms with Crippen molar-refractivity contribution in [1.82, 2.24) is 25.8 Å². The van der Waals surface area contributed by atoms with Crippen molar-refractivity contribution < 1.29 is 29.0 Å². The van der Waals surface area contributed by atoms with Gasteiger partial charge in [-0.3, -0.25) is 24.2 Å². The molecule has 0 aliphatic carbocycles. The minimum absolute atomic E-state index is 0.149. The Kier molecular flexibility index (Phi) is 6.66. The number of aliphatic hydroxyl groups is 1. The standard InChI is InChI=1S/C25H27N5O6/c31-20-11-18(25(35)36-20)29-22(32)19-13-26-12-15-6-2-4-8-17(24(34)30(15)19)28-23(33)21-16-7-3-1-5-14(16)9-10-27-21/h1-5,7,9-10,15,17-19,25-26,35H,6,8,11-13H2,(H,28,33)(H,29,32)/t15-,17-,18?,19-,25?/m0/s1. The number of benzene rings is 1. The van der Waals surface area contributed by atoms with Crippen LogP contribution in [0.4, 0.5) is 0 Å². The molecule has 11 heteroatoms. The summed E-state index contributed by atoms with van der Waals surface area (Å²) in [7, 11) is 0. The van der Waals surface area contributed by atoms with Gasteiger partial charge in [-0.1, -0.05) is 36.4 Å². The van der Waals surface area contributed by atoms with E-state index < -0.39 is 42.2 Å². The zero-order chi connectivity index (χ0) is 25.2. The van der Waals surface area contributed by atoms with E-state index in [4.69, 9.17) is 4.74 Å². The molecule has 1 aromatic carbocycles. The molecule has 5 rings (SSSR count). The first kappa shape index (κ1) is 23.9. The van der Waals surface area contributed by atoms with Gasteiger partial charge in [0, 0.05) is 30.7 Å². The third-order valence-electron chi connectivity index (χ3n) is 6.75. The van der Waals surface area contributed by atoms with Gasteiger partial charge in [-0.2, -0.15) is 0 Å². The van der Waals surface area contributed by atoms with E-state index in [0.717, 1.165) is 5.39 Å². The summed E-state index contributed by atoms with van der Waals surface area (Å²) in [6.45, 7) is 0.681. The number of carbonyl (C=O) groups is 4. The number of hydrogen-bond donors (Lipinski definition) is 4. The summed E-state index contributed by atoms with van der Waals surface area (Å²) < 4.78 is 4.70. The lowest BCUT2D eigenvalue weighted by Crippen LogP contribution is -2.67. The van der Waals surface area contributed by atoms with Crippen LogP contribution in [0.2, 0.25) is 0 Å². The Morgan fingerprint density at radius 1 is 1.08 bits per heavy atom.